The fourth-order valence-electron chi connectivity index (χ4n) is 1.44. The quantitative estimate of drug-likeness (QED) is 0.840. The fraction of sp³-hybridized carbons (Fsp3) is 0.0909. The number of halogens is 2. The Morgan fingerprint density at radius 3 is 2.80 bits per heavy atom. The predicted octanol–water partition coefficient (Wildman–Crippen LogP) is 1.92. The highest BCUT2D eigenvalue weighted by atomic mass is 35.5. The molecule has 20 heavy (non-hydrogen) atoms. The van der Waals surface area contributed by atoms with Crippen molar-refractivity contribution in [3.8, 4) is 0 Å². The minimum atomic E-state index is -1.03. The minimum absolute atomic E-state index is 0.140. The lowest BCUT2D eigenvalue weighted by molar-refractivity contribution is -0.137. The Morgan fingerprint density at radius 1 is 1.35 bits per heavy atom. The van der Waals surface area contributed by atoms with Crippen LogP contribution in [0.4, 0.5) is 5.69 Å². The Bertz CT molecular complexity index is 671. The van der Waals surface area contributed by atoms with Crippen molar-refractivity contribution in [3.05, 3.63) is 40.4 Å². The number of rotatable bonds is 4. The van der Waals surface area contributed by atoms with Crippen molar-refractivity contribution in [1.82, 2.24) is 14.8 Å². The third-order valence-electron chi connectivity index (χ3n) is 2.25. The van der Waals surface area contributed by atoms with Crippen molar-refractivity contribution in [3.63, 3.8) is 0 Å². The first-order valence-corrected chi connectivity index (χ1v) is 6.08. The van der Waals surface area contributed by atoms with Crippen LogP contribution in [-0.4, -0.2) is 31.7 Å². The van der Waals surface area contributed by atoms with E-state index in [0.29, 0.717) is 5.69 Å². The van der Waals surface area contributed by atoms with E-state index in [0.717, 1.165) is 0 Å². The standard InChI is InChI=1S/C11H8Cl2N4O3/c12-8-3-14-9(13)1-7(8)11(20)16-6-2-15-17(4-6)5-10(18)19/h1-4H,5H2,(H,16,20)(H,18,19). The van der Waals surface area contributed by atoms with Gasteiger partial charge in [-0.25, -0.2) is 4.98 Å². The Labute approximate surface area is 123 Å². The van der Waals surface area contributed by atoms with Gasteiger partial charge < -0.3 is 10.4 Å². The normalized spacial score (nSPS) is 10.3. The highest BCUT2D eigenvalue weighted by Crippen LogP contribution is 2.19. The van der Waals surface area contributed by atoms with E-state index in [2.05, 4.69) is 15.4 Å². The monoisotopic (exact) mass is 314 g/mol. The second-order valence-electron chi connectivity index (χ2n) is 3.76. The van der Waals surface area contributed by atoms with Gasteiger partial charge in [0, 0.05) is 12.4 Å². The van der Waals surface area contributed by atoms with Gasteiger partial charge in [-0.15, -0.1) is 0 Å². The summed E-state index contributed by atoms with van der Waals surface area (Å²) in [6, 6.07) is 1.33. The number of pyridine rings is 1. The molecule has 0 atom stereocenters. The predicted molar refractivity (Wildman–Crippen MR) is 72.1 cm³/mol. The number of nitrogens with zero attached hydrogens (tertiary/aromatic N) is 3. The average Bonchev–Trinajstić information content (AvgIpc) is 2.78. The number of carbonyl (C=O) groups is 2. The lowest BCUT2D eigenvalue weighted by Crippen LogP contribution is -2.12. The van der Waals surface area contributed by atoms with Crippen molar-refractivity contribution < 1.29 is 14.7 Å². The number of aliphatic carboxylic acids is 1. The zero-order valence-electron chi connectivity index (χ0n) is 9.88. The van der Waals surface area contributed by atoms with Gasteiger partial charge in [0.1, 0.15) is 11.7 Å². The summed E-state index contributed by atoms with van der Waals surface area (Å²) in [7, 11) is 0. The molecule has 2 rings (SSSR count). The maximum absolute atomic E-state index is 12.0. The summed E-state index contributed by atoms with van der Waals surface area (Å²) < 4.78 is 1.18. The first-order chi connectivity index (χ1) is 9.45. The number of carboxylic acids is 1. The third kappa shape index (κ3) is 3.46. The molecule has 0 bridgehead atoms. The zero-order valence-corrected chi connectivity index (χ0v) is 11.4. The summed E-state index contributed by atoms with van der Waals surface area (Å²) in [5.41, 5.74) is 0.512. The molecular formula is C11H8Cl2N4O3. The molecule has 0 unspecified atom stereocenters. The molecule has 0 saturated heterocycles. The molecule has 2 aromatic heterocycles. The highest BCUT2D eigenvalue weighted by Gasteiger charge is 2.13. The van der Waals surface area contributed by atoms with Gasteiger partial charge in [0.15, 0.2) is 0 Å². The molecule has 0 aliphatic carbocycles. The van der Waals surface area contributed by atoms with Gasteiger partial charge >= 0.3 is 5.97 Å². The summed E-state index contributed by atoms with van der Waals surface area (Å²) in [4.78, 5) is 26.2. The van der Waals surface area contributed by atoms with E-state index in [1.807, 2.05) is 0 Å². The van der Waals surface area contributed by atoms with Crippen LogP contribution in [0, 0.1) is 0 Å². The van der Waals surface area contributed by atoms with E-state index < -0.39 is 11.9 Å². The van der Waals surface area contributed by atoms with Gasteiger partial charge in [-0.3, -0.25) is 14.3 Å². The molecule has 2 heterocycles. The first-order valence-electron chi connectivity index (χ1n) is 5.32. The first kappa shape index (κ1) is 14.3. The van der Waals surface area contributed by atoms with Crippen LogP contribution < -0.4 is 5.32 Å². The molecule has 0 spiro atoms. The topological polar surface area (TPSA) is 97.1 Å². The summed E-state index contributed by atoms with van der Waals surface area (Å²) in [5, 5.41) is 15.2. The third-order valence-corrected chi connectivity index (χ3v) is 2.76. The molecule has 0 aliphatic rings. The molecule has 0 aliphatic heterocycles. The van der Waals surface area contributed by atoms with Crippen LogP contribution in [-0.2, 0) is 11.3 Å². The van der Waals surface area contributed by atoms with Crippen molar-refractivity contribution in [2.24, 2.45) is 0 Å². The number of amides is 1. The molecule has 2 aromatic rings. The van der Waals surface area contributed by atoms with E-state index in [1.54, 1.807) is 0 Å². The van der Waals surface area contributed by atoms with Crippen LogP contribution in [0.25, 0.3) is 0 Å². The number of carboxylic acid groups (broad SMARTS) is 1. The van der Waals surface area contributed by atoms with Crippen LogP contribution in [0.5, 0.6) is 0 Å². The van der Waals surface area contributed by atoms with Crippen LogP contribution >= 0.6 is 23.2 Å². The van der Waals surface area contributed by atoms with Gasteiger partial charge in [0.05, 0.1) is 22.5 Å². The zero-order chi connectivity index (χ0) is 14.7. The van der Waals surface area contributed by atoms with Crippen molar-refractivity contribution >= 4 is 40.8 Å². The maximum atomic E-state index is 12.0. The molecule has 104 valence electrons. The van der Waals surface area contributed by atoms with Crippen molar-refractivity contribution in [1.29, 1.82) is 0 Å². The largest absolute Gasteiger partial charge is 0.480 e. The lowest BCUT2D eigenvalue weighted by Gasteiger charge is -2.04. The molecule has 2 N–H and O–H groups in total. The molecule has 0 fully saturated rings. The second-order valence-corrected chi connectivity index (χ2v) is 4.56. The van der Waals surface area contributed by atoms with Crippen LogP contribution in [0.1, 0.15) is 10.4 Å². The van der Waals surface area contributed by atoms with E-state index in [-0.39, 0.29) is 22.3 Å². The van der Waals surface area contributed by atoms with E-state index in [4.69, 9.17) is 28.3 Å². The number of hydrogen-bond donors (Lipinski definition) is 2. The Balaban J connectivity index is 2.13. The summed E-state index contributed by atoms with van der Waals surface area (Å²) in [6.45, 7) is -0.294. The van der Waals surface area contributed by atoms with Gasteiger partial charge in [0.25, 0.3) is 5.91 Å². The van der Waals surface area contributed by atoms with E-state index >= 15 is 0 Å². The van der Waals surface area contributed by atoms with Gasteiger partial charge in [0.2, 0.25) is 0 Å². The fourth-order valence-corrected chi connectivity index (χ4v) is 1.79. The van der Waals surface area contributed by atoms with Gasteiger partial charge in [-0.2, -0.15) is 5.10 Å². The maximum Gasteiger partial charge on any atom is 0.325 e. The van der Waals surface area contributed by atoms with Crippen molar-refractivity contribution in [2.75, 3.05) is 5.32 Å². The van der Waals surface area contributed by atoms with Crippen LogP contribution in [0.15, 0.2) is 24.7 Å². The highest BCUT2D eigenvalue weighted by molar-refractivity contribution is 6.35. The number of hydrogen-bond acceptors (Lipinski definition) is 4. The number of aromatic nitrogens is 3. The Hall–Kier alpha value is -2.12. The SMILES string of the molecule is O=C(O)Cn1cc(NC(=O)c2cc(Cl)ncc2Cl)cn1. The van der Waals surface area contributed by atoms with Gasteiger partial charge in [-0.05, 0) is 6.07 Å². The van der Waals surface area contributed by atoms with E-state index in [9.17, 15) is 9.59 Å². The molecule has 1 amide bonds. The molecule has 0 aromatic carbocycles. The summed E-state index contributed by atoms with van der Waals surface area (Å²) in [5.74, 6) is -1.52. The molecule has 0 radical (unpaired) electrons. The average molecular weight is 315 g/mol. The molecule has 0 saturated carbocycles. The Kier molecular flexibility index (Phi) is 4.21. The van der Waals surface area contributed by atoms with Crippen molar-refractivity contribution in [2.45, 2.75) is 6.54 Å². The Morgan fingerprint density at radius 2 is 2.10 bits per heavy atom. The van der Waals surface area contributed by atoms with Crippen LogP contribution in [0.3, 0.4) is 0 Å². The number of anilines is 1. The van der Waals surface area contributed by atoms with Gasteiger partial charge in [-0.1, -0.05) is 23.2 Å². The summed E-state index contributed by atoms with van der Waals surface area (Å²) >= 11 is 11.5. The minimum Gasteiger partial charge on any atom is -0.480 e. The summed E-state index contributed by atoms with van der Waals surface area (Å²) in [6.07, 6.45) is 3.99. The second kappa shape index (κ2) is 5.89. The lowest BCUT2D eigenvalue weighted by atomic mass is 10.2. The van der Waals surface area contributed by atoms with Crippen LogP contribution in [0.2, 0.25) is 10.2 Å². The van der Waals surface area contributed by atoms with E-state index in [1.165, 1.54) is 29.3 Å². The number of nitrogens with one attached hydrogen (secondary N) is 1. The molecule has 9 heteroatoms. The molecule has 7 nitrogen and oxygen atoms in total. The number of carbonyl (C=O) groups excluding carboxylic acids is 1. The molecular weight excluding hydrogens is 307 g/mol. The smallest absolute Gasteiger partial charge is 0.325 e.